The minimum absolute atomic E-state index is 0.782. The van der Waals surface area contributed by atoms with E-state index in [1.165, 1.54) is 79.4 Å². The summed E-state index contributed by atoms with van der Waals surface area (Å²) >= 11 is 0. The summed E-state index contributed by atoms with van der Waals surface area (Å²) in [6, 6.07) is 13.6. The summed E-state index contributed by atoms with van der Waals surface area (Å²) in [6.07, 6.45) is 8.70. The Morgan fingerprint density at radius 3 is 2.40 bits per heavy atom. The van der Waals surface area contributed by atoms with Crippen LogP contribution in [0.15, 0.2) is 40.9 Å². The normalized spacial score (nSPS) is 18.1. The number of benzene rings is 2. The van der Waals surface area contributed by atoms with Crippen molar-refractivity contribution in [3.63, 3.8) is 0 Å². The average molecular weight is 475 g/mol. The molecule has 188 valence electrons. The van der Waals surface area contributed by atoms with Crippen molar-refractivity contribution in [3.8, 4) is 0 Å². The molecule has 0 N–H and O–H groups in total. The molecular weight excluding hydrogens is 432 g/mol. The van der Waals surface area contributed by atoms with Gasteiger partial charge < -0.3 is 14.3 Å². The molecule has 5 nitrogen and oxygen atoms in total. The number of nitrogens with zero attached hydrogens (tertiary/aromatic N) is 4. The quantitative estimate of drug-likeness (QED) is 0.398. The maximum Gasteiger partial charge on any atom is 0.173 e. The van der Waals surface area contributed by atoms with Crippen LogP contribution in [0.25, 0.3) is 11.0 Å². The van der Waals surface area contributed by atoms with E-state index in [1.54, 1.807) is 0 Å². The molecule has 0 unspecified atom stereocenters. The molecule has 3 heterocycles. The molecular formula is C30H42N4O. The molecule has 0 atom stereocenters. The van der Waals surface area contributed by atoms with Gasteiger partial charge in [-0.1, -0.05) is 35.0 Å². The first-order chi connectivity index (χ1) is 17.1. The number of aryl methyl sites for hydroxylation is 2. The molecule has 2 aliphatic rings. The van der Waals surface area contributed by atoms with Crippen LogP contribution in [0.4, 0.5) is 5.69 Å². The third-order valence-corrected chi connectivity index (χ3v) is 7.99. The zero-order chi connectivity index (χ0) is 24.2. The Labute approximate surface area is 211 Å². The Hall–Kier alpha value is -2.37. The smallest absolute Gasteiger partial charge is 0.173 e. The average Bonchev–Trinajstić information content (AvgIpc) is 3.29. The van der Waals surface area contributed by atoms with Gasteiger partial charge >= 0.3 is 0 Å². The van der Waals surface area contributed by atoms with Gasteiger partial charge in [0.25, 0.3) is 0 Å². The first-order valence-electron chi connectivity index (χ1n) is 13.6. The molecule has 0 bridgehead atoms. The van der Waals surface area contributed by atoms with Gasteiger partial charge in [-0.15, -0.1) is 0 Å². The molecule has 0 amide bonds. The molecule has 2 fully saturated rings. The number of aromatic nitrogens is 1. The Morgan fingerprint density at radius 2 is 1.69 bits per heavy atom. The van der Waals surface area contributed by atoms with Crippen LogP contribution in [-0.4, -0.2) is 55.2 Å². The Morgan fingerprint density at radius 1 is 0.943 bits per heavy atom. The van der Waals surface area contributed by atoms with Crippen molar-refractivity contribution in [2.24, 2.45) is 5.92 Å². The van der Waals surface area contributed by atoms with E-state index in [-0.39, 0.29) is 0 Å². The molecule has 5 rings (SSSR count). The Kier molecular flexibility index (Phi) is 7.74. The predicted octanol–water partition coefficient (Wildman–Crippen LogP) is 6.03. The molecule has 35 heavy (non-hydrogen) atoms. The summed E-state index contributed by atoms with van der Waals surface area (Å²) in [5, 5.41) is 5.81. The lowest BCUT2D eigenvalue weighted by molar-refractivity contribution is 0.172. The summed E-state index contributed by atoms with van der Waals surface area (Å²) in [5.41, 5.74) is 7.56. The first kappa shape index (κ1) is 24.3. The van der Waals surface area contributed by atoms with Gasteiger partial charge in [-0.2, -0.15) is 0 Å². The fraction of sp³-hybridized carbons (Fsp3) is 0.567. The van der Waals surface area contributed by atoms with Crippen LogP contribution in [-0.2, 0) is 19.5 Å². The molecule has 0 spiro atoms. The number of anilines is 1. The molecule has 1 aromatic heterocycles. The van der Waals surface area contributed by atoms with Gasteiger partial charge in [-0.05, 0) is 103 Å². The second-order valence-electron chi connectivity index (χ2n) is 11.1. The molecule has 2 aromatic carbocycles. The van der Waals surface area contributed by atoms with Crippen molar-refractivity contribution >= 4 is 16.7 Å². The highest BCUT2D eigenvalue weighted by Crippen LogP contribution is 2.34. The fourth-order valence-corrected chi connectivity index (χ4v) is 5.91. The van der Waals surface area contributed by atoms with Crippen LogP contribution in [0, 0.1) is 12.8 Å². The van der Waals surface area contributed by atoms with Gasteiger partial charge in [0.1, 0.15) is 0 Å². The van der Waals surface area contributed by atoms with E-state index in [9.17, 15) is 0 Å². The topological polar surface area (TPSA) is 35.8 Å². The fourth-order valence-electron chi connectivity index (χ4n) is 5.91. The summed E-state index contributed by atoms with van der Waals surface area (Å²) in [5.74, 6) is 0.782. The maximum atomic E-state index is 6.03. The highest BCUT2D eigenvalue weighted by Gasteiger charge is 2.23. The monoisotopic (exact) mass is 474 g/mol. The number of hydrogen-bond acceptors (Lipinski definition) is 5. The molecule has 0 radical (unpaired) electrons. The standard InChI is InChI=1S/C30H42N4O/c1-23-7-9-25(10-8-23)21-33-19-15-24(16-20-33)11-13-28-26-12-14-29(34-17-5-4-6-18-34)27(22-32(2)3)30(26)35-31-28/h7-10,12,14,24H,4-6,11,13,15-22H2,1-3H3. The minimum Gasteiger partial charge on any atom is -0.371 e. The van der Waals surface area contributed by atoms with Crippen molar-refractivity contribution in [2.45, 2.75) is 65.0 Å². The van der Waals surface area contributed by atoms with Crippen LogP contribution in [0.5, 0.6) is 0 Å². The van der Waals surface area contributed by atoms with E-state index >= 15 is 0 Å². The molecule has 0 saturated carbocycles. The van der Waals surface area contributed by atoms with Crippen LogP contribution in [0.3, 0.4) is 0 Å². The molecule has 2 saturated heterocycles. The lowest BCUT2D eigenvalue weighted by Crippen LogP contribution is -2.33. The number of rotatable bonds is 8. The Balaban J connectivity index is 1.22. The van der Waals surface area contributed by atoms with Crippen LogP contribution < -0.4 is 4.90 Å². The molecule has 2 aliphatic heterocycles. The third-order valence-electron chi connectivity index (χ3n) is 7.99. The largest absolute Gasteiger partial charge is 0.371 e. The highest BCUT2D eigenvalue weighted by atomic mass is 16.5. The SMILES string of the molecule is Cc1ccc(CN2CCC(CCc3noc4c(CN(C)C)c(N5CCCCC5)ccc34)CC2)cc1. The second kappa shape index (κ2) is 11.1. The second-order valence-corrected chi connectivity index (χ2v) is 11.1. The summed E-state index contributed by atoms with van der Waals surface area (Å²) in [6.45, 7) is 8.82. The highest BCUT2D eigenvalue weighted by molar-refractivity contribution is 5.87. The van der Waals surface area contributed by atoms with Gasteiger partial charge in [0.15, 0.2) is 5.58 Å². The van der Waals surface area contributed by atoms with E-state index in [2.05, 4.69) is 77.3 Å². The number of piperidine rings is 2. The van der Waals surface area contributed by atoms with Gasteiger partial charge in [0.2, 0.25) is 0 Å². The van der Waals surface area contributed by atoms with Crippen molar-refractivity contribution in [1.82, 2.24) is 15.0 Å². The number of fused-ring (bicyclic) bond motifs is 1. The van der Waals surface area contributed by atoms with Crippen LogP contribution >= 0.6 is 0 Å². The van der Waals surface area contributed by atoms with Crippen molar-refractivity contribution in [1.29, 1.82) is 0 Å². The summed E-state index contributed by atoms with van der Waals surface area (Å²) in [4.78, 5) is 7.41. The van der Waals surface area contributed by atoms with Crippen molar-refractivity contribution in [2.75, 3.05) is 45.2 Å². The molecule has 3 aromatic rings. The van der Waals surface area contributed by atoms with E-state index < -0.39 is 0 Å². The predicted molar refractivity (Wildman–Crippen MR) is 145 cm³/mol. The summed E-state index contributed by atoms with van der Waals surface area (Å²) in [7, 11) is 4.28. The zero-order valence-corrected chi connectivity index (χ0v) is 21.9. The van der Waals surface area contributed by atoms with E-state index in [1.807, 2.05) is 0 Å². The lowest BCUT2D eigenvalue weighted by atomic mass is 9.90. The Bertz CT molecular complexity index is 1090. The van der Waals surface area contributed by atoms with Gasteiger partial charge in [0, 0.05) is 42.8 Å². The number of likely N-dealkylation sites (tertiary alicyclic amines) is 1. The number of hydrogen-bond donors (Lipinski definition) is 0. The van der Waals surface area contributed by atoms with E-state index in [4.69, 9.17) is 4.52 Å². The maximum absolute atomic E-state index is 6.03. The van der Waals surface area contributed by atoms with E-state index in [0.29, 0.717) is 0 Å². The molecule has 5 heteroatoms. The van der Waals surface area contributed by atoms with Gasteiger partial charge in [-0.25, -0.2) is 0 Å². The van der Waals surface area contributed by atoms with Gasteiger partial charge in [0.05, 0.1) is 5.69 Å². The van der Waals surface area contributed by atoms with Crippen molar-refractivity contribution < 1.29 is 4.52 Å². The minimum atomic E-state index is 0.782. The van der Waals surface area contributed by atoms with Crippen molar-refractivity contribution in [3.05, 3.63) is 58.8 Å². The van der Waals surface area contributed by atoms with Crippen LogP contribution in [0.1, 0.15) is 60.9 Å². The molecule has 0 aliphatic carbocycles. The van der Waals surface area contributed by atoms with Gasteiger partial charge in [-0.3, -0.25) is 4.90 Å². The van der Waals surface area contributed by atoms with E-state index in [0.717, 1.165) is 49.8 Å². The third kappa shape index (κ3) is 5.90. The van der Waals surface area contributed by atoms with Crippen LogP contribution in [0.2, 0.25) is 0 Å². The summed E-state index contributed by atoms with van der Waals surface area (Å²) < 4.78 is 6.03. The first-order valence-corrected chi connectivity index (χ1v) is 13.6. The lowest BCUT2D eigenvalue weighted by Gasteiger charge is -2.32. The zero-order valence-electron chi connectivity index (χ0n) is 21.9.